The van der Waals surface area contributed by atoms with Crippen molar-refractivity contribution >= 4 is 22.6 Å². The zero-order valence-electron chi connectivity index (χ0n) is 23.5. The molecule has 0 aliphatic rings. The number of amides is 1. The molecule has 0 unspecified atom stereocenters. The first-order valence-electron chi connectivity index (χ1n) is 13.0. The molecule has 0 spiro atoms. The normalized spacial score (nSPS) is 11.3. The fraction of sp³-hybridized carbons (Fsp3) is 0.200. The van der Waals surface area contributed by atoms with E-state index in [1.54, 1.807) is 43.5 Å². The lowest BCUT2D eigenvalue weighted by Crippen LogP contribution is -2.19. The lowest BCUT2D eigenvalue weighted by molar-refractivity contribution is -0.137. The number of aryl methyl sites for hydroxylation is 1. The average molecular weight is 594 g/mol. The molecule has 0 aliphatic heterocycles. The highest BCUT2D eigenvalue weighted by Crippen LogP contribution is 2.37. The largest absolute Gasteiger partial charge is 0.493 e. The van der Waals surface area contributed by atoms with Gasteiger partial charge in [0.2, 0.25) is 0 Å². The molecule has 222 valence electrons. The van der Waals surface area contributed by atoms with Crippen LogP contribution in [0, 0.1) is 6.92 Å². The van der Waals surface area contributed by atoms with Gasteiger partial charge in [-0.1, -0.05) is 0 Å². The number of carbonyl (C=O) groups is 1. The van der Waals surface area contributed by atoms with Crippen molar-refractivity contribution in [1.29, 1.82) is 0 Å². The fourth-order valence-electron chi connectivity index (χ4n) is 4.41. The second-order valence-corrected chi connectivity index (χ2v) is 9.17. The molecule has 0 saturated heterocycles. The molecule has 1 amide bonds. The first-order valence-corrected chi connectivity index (χ1v) is 13.0. The molecule has 0 bridgehead atoms. The molecule has 0 aliphatic carbocycles. The summed E-state index contributed by atoms with van der Waals surface area (Å²) in [6.45, 7) is 3.49. The van der Waals surface area contributed by atoms with Gasteiger partial charge < -0.3 is 24.3 Å². The number of pyridine rings is 2. The van der Waals surface area contributed by atoms with Gasteiger partial charge in [0.25, 0.3) is 5.91 Å². The number of carbonyl (C=O) groups excluding carboxylic acids is 1. The first kappa shape index (κ1) is 29.2. The number of benzene rings is 2. The number of nitrogens with one attached hydrogen (secondary N) is 1. The van der Waals surface area contributed by atoms with Crippen molar-refractivity contribution in [2.24, 2.45) is 0 Å². The van der Waals surface area contributed by atoms with Gasteiger partial charge in [-0.2, -0.15) is 18.3 Å². The van der Waals surface area contributed by atoms with Crippen LogP contribution in [0.2, 0.25) is 0 Å². The van der Waals surface area contributed by atoms with Crippen molar-refractivity contribution in [2.75, 3.05) is 26.1 Å². The lowest BCUT2D eigenvalue weighted by atomic mass is 10.1. The summed E-state index contributed by atoms with van der Waals surface area (Å²) in [5.74, 6) is 1.67. The molecule has 0 atom stereocenters. The highest BCUT2D eigenvalue weighted by Gasteiger charge is 2.31. The maximum atomic E-state index is 13.4. The van der Waals surface area contributed by atoms with Gasteiger partial charge in [-0.3, -0.25) is 9.78 Å². The summed E-state index contributed by atoms with van der Waals surface area (Å²) in [4.78, 5) is 22.1. The van der Waals surface area contributed by atoms with Crippen LogP contribution in [0.15, 0.2) is 67.1 Å². The Morgan fingerprint density at radius 3 is 2.35 bits per heavy atom. The molecular formula is C30H26F3N5O5. The molecule has 0 fully saturated rings. The minimum atomic E-state index is -4.50. The Morgan fingerprint density at radius 1 is 0.930 bits per heavy atom. The topological polar surface area (TPSA) is 110 Å². The average Bonchev–Trinajstić information content (AvgIpc) is 3.40. The van der Waals surface area contributed by atoms with Crippen LogP contribution in [0.25, 0.3) is 16.6 Å². The van der Waals surface area contributed by atoms with Crippen LogP contribution in [0.4, 0.5) is 19.0 Å². The number of fused-ring (bicyclic) bond motifs is 1. The van der Waals surface area contributed by atoms with E-state index in [1.165, 1.54) is 44.3 Å². The number of anilines is 1. The Morgan fingerprint density at radius 2 is 1.70 bits per heavy atom. The number of rotatable bonds is 9. The predicted molar refractivity (Wildman–Crippen MR) is 152 cm³/mol. The summed E-state index contributed by atoms with van der Waals surface area (Å²) >= 11 is 0. The van der Waals surface area contributed by atoms with Gasteiger partial charge in [-0.25, -0.2) is 9.67 Å². The maximum absolute atomic E-state index is 13.4. The smallest absolute Gasteiger partial charge is 0.416 e. The van der Waals surface area contributed by atoms with E-state index in [0.717, 1.165) is 12.1 Å². The maximum Gasteiger partial charge on any atom is 0.416 e. The van der Waals surface area contributed by atoms with Gasteiger partial charge >= 0.3 is 6.18 Å². The van der Waals surface area contributed by atoms with Crippen molar-refractivity contribution in [3.63, 3.8) is 0 Å². The third-order valence-corrected chi connectivity index (χ3v) is 6.42. The zero-order valence-corrected chi connectivity index (χ0v) is 23.5. The van der Waals surface area contributed by atoms with Crippen molar-refractivity contribution in [2.45, 2.75) is 20.0 Å². The standard InChI is InChI=1S/C30H26F3N5O5/c1-5-42-26-16-36-38(22-8-6-18(12-17(22)2)30(31,32)33)28(26)29(39)37-27-9-7-19(15-35-27)43-23-10-11-34-21-14-25(41-4)24(40-3)13-20(21)23/h6-16H,5H2,1-4H3,(H,35,37,39). The van der Waals surface area contributed by atoms with Gasteiger partial charge in [0, 0.05) is 17.6 Å². The van der Waals surface area contributed by atoms with Crippen LogP contribution in [0.1, 0.15) is 28.5 Å². The van der Waals surface area contributed by atoms with Crippen molar-refractivity contribution in [1.82, 2.24) is 19.7 Å². The number of hydrogen-bond acceptors (Lipinski definition) is 8. The summed E-state index contributed by atoms with van der Waals surface area (Å²) in [5.41, 5.74) is 0.396. The molecule has 5 aromatic rings. The lowest BCUT2D eigenvalue weighted by Gasteiger charge is -2.14. The number of methoxy groups -OCH3 is 2. The molecule has 43 heavy (non-hydrogen) atoms. The number of ether oxygens (including phenoxy) is 4. The number of nitrogens with zero attached hydrogens (tertiary/aromatic N) is 4. The molecule has 0 radical (unpaired) electrons. The molecular weight excluding hydrogens is 567 g/mol. The second kappa shape index (κ2) is 11.9. The Hall–Kier alpha value is -5.33. The van der Waals surface area contributed by atoms with E-state index in [9.17, 15) is 18.0 Å². The van der Waals surface area contributed by atoms with Crippen LogP contribution in [-0.2, 0) is 6.18 Å². The quantitative estimate of drug-likeness (QED) is 0.204. The van der Waals surface area contributed by atoms with Crippen molar-refractivity contribution < 1.29 is 36.9 Å². The molecule has 2 aromatic carbocycles. The van der Waals surface area contributed by atoms with E-state index >= 15 is 0 Å². The van der Waals surface area contributed by atoms with Gasteiger partial charge in [0.1, 0.15) is 17.3 Å². The van der Waals surface area contributed by atoms with Crippen LogP contribution in [0.3, 0.4) is 0 Å². The number of alkyl halides is 3. The Labute approximate surface area is 244 Å². The third kappa shape index (κ3) is 6.01. The summed E-state index contributed by atoms with van der Waals surface area (Å²) < 4.78 is 63.2. The Balaban J connectivity index is 1.39. The number of aromatic nitrogens is 4. The summed E-state index contributed by atoms with van der Waals surface area (Å²) in [7, 11) is 3.07. The SMILES string of the molecule is CCOc1cnn(-c2ccc(C(F)(F)F)cc2C)c1C(=O)Nc1ccc(Oc2ccnc3cc(OC)c(OC)cc23)cn1. The van der Waals surface area contributed by atoms with E-state index in [0.29, 0.717) is 39.6 Å². The van der Waals surface area contributed by atoms with Crippen LogP contribution in [0.5, 0.6) is 28.7 Å². The zero-order chi connectivity index (χ0) is 30.7. The molecule has 3 heterocycles. The summed E-state index contributed by atoms with van der Waals surface area (Å²) in [6, 6.07) is 11.6. The highest BCUT2D eigenvalue weighted by molar-refractivity contribution is 6.05. The molecule has 10 nitrogen and oxygen atoms in total. The monoisotopic (exact) mass is 593 g/mol. The summed E-state index contributed by atoms with van der Waals surface area (Å²) in [5, 5.41) is 7.59. The van der Waals surface area contributed by atoms with Gasteiger partial charge in [-0.15, -0.1) is 0 Å². The van der Waals surface area contributed by atoms with E-state index < -0.39 is 17.6 Å². The Kier molecular flexibility index (Phi) is 8.06. The molecule has 5 rings (SSSR count). The number of halogens is 3. The van der Waals surface area contributed by atoms with Crippen molar-refractivity contribution in [3.8, 4) is 34.4 Å². The van der Waals surface area contributed by atoms with Crippen LogP contribution >= 0.6 is 0 Å². The molecule has 1 N–H and O–H groups in total. The second-order valence-electron chi connectivity index (χ2n) is 9.17. The van der Waals surface area contributed by atoms with E-state index in [-0.39, 0.29) is 29.4 Å². The number of hydrogen-bond donors (Lipinski definition) is 1. The third-order valence-electron chi connectivity index (χ3n) is 6.42. The fourth-order valence-corrected chi connectivity index (χ4v) is 4.41. The van der Waals surface area contributed by atoms with Gasteiger partial charge in [0.05, 0.1) is 50.0 Å². The molecule has 13 heteroatoms. The first-order chi connectivity index (χ1) is 20.6. The predicted octanol–water partition coefficient (Wildman–Crippen LogP) is 6.60. The van der Waals surface area contributed by atoms with Gasteiger partial charge in [-0.05, 0) is 61.9 Å². The Bertz CT molecular complexity index is 1790. The van der Waals surface area contributed by atoms with Crippen LogP contribution in [-0.4, -0.2) is 46.5 Å². The molecule has 0 saturated carbocycles. The van der Waals surface area contributed by atoms with E-state index in [1.807, 2.05) is 0 Å². The van der Waals surface area contributed by atoms with E-state index in [2.05, 4.69) is 20.4 Å². The minimum Gasteiger partial charge on any atom is -0.493 e. The van der Waals surface area contributed by atoms with Crippen LogP contribution < -0.4 is 24.3 Å². The van der Waals surface area contributed by atoms with Crippen molar-refractivity contribution in [3.05, 3.63) is 83.9 Å². The highest BCUT2D eigenvalue weighted by atomic mass is 19.4. The minimum absolute atomic E-state index is 0.000494. The van der Waals surface area contributed by atoms with E-state index in [4.69, 9.17) is 18.9 Å². The molecule has 3 aromatic heterocycles. The summed E-state index contributed by atoms with van der Waals surface area (Å²) in [6.07, 6.45) is -0.132. The van der Waals surface area contributed by atoms with Gasteiger partial charge in [0.15, 0.2) is 22.9 Å².